The second-order valence-electron chi connectivity index (χ2n) is 2.02. The van der Waals surface area contributed by atoms with Gasteiger partial charge in [0, 0.05) is 11.4 Å². The molecular formula is C4H9NO2S. The van der Waals surface area contributed by atoms with Gasteiger partial charge in [0.2, 0.25) is 0 Å². The standard InChI is InChI=1S/C4H9NO2S/c1-4(2,3-6)8(5)7/h3H,5H2,1-2H3. The molecule has 0 aromatic heterocycles. The average Bonchev–Trinajstić information content (AvgIpc) is 1.67. The van der Waals surface area contributed by atoms with Crippen LogP contribution in [0.25, 0.3) is 0 Å². The lowest BCUT2D eigenvalue weighted by molar-refractivity contribution is -0.109. The highest BCUT2D eigenvalue weighted by Gasteiger charge is 2.28. The first-order valence-corrected chi connectivity index (χ1v) is 3.34. The molecule has 4 heteroatoms. The molecule has 48 valence electrons. The Kier molecular flexibility index (Phi) is 2.46. The van der Waals surface area contributed by atoms with Gasteiger partial charge in [-0.25, -0.2) is 0 Å². The van der Waals surface area contributed by atoms with Crippen LogP contribution in [-0.4, -0.2) is 15.6 Å². The monoisotopic (exact) mass is 135 g/mol. The Morgan fingerprint density at radius 3 is 2.12 bits per heavy atom. The minimum Gasteiger partial charge on any atom is -0.597 e. The molecule has 8 heavy (non-hydrogen) atoms. The fourth-order valence-corrected chi connectivity index (χ4v) is 0.142. The summed E-state index contributed by atoms with van der Waals surface area (Å²) in [5.74, 6) is 0. The number of hydrogen-bond acceptors (Lipinski definition) is 3. The van der Waals surface area contributed by atoms with Gasteiger partial charge in [-0.1, -0.05) is 0 Å². The Morgan fingerprint density at radius 2 is 2.12 bits per heavy atom. The molecule has 0 saturated carbocycles. The Balaban J connectivity index is 3.90. The number of carbonyl (C=O) groups is 1. The zero-order chi connectivity index (χ0) is 6.78. The molecule has 0 heterocycles. The summed E-state index contributed by atoms with van der Waals surface area (Å²) in [5, 5.41) is 4.92. The molecule has 3 nitrogen and oxygen atoms in total. The summed E-state index contributed by atoms with van der Waals surface area (Å²) in [6.07, 6.45) is 0.586. The van der Waals surface area contributed by atoms with E-state index in [0.29, 0.717) is 6.29 Å². The van der Waals surface area contributed by atoms with Crippen LogP contribution in [0, 0.1) is 0 Å². The average molecular weight is 135 g/mol. The van der Waals surface area contributed by atoms with Crippen LogP contribution in [0.1, 0.15) is 13.8 Å². The minimum atomic E-state index is -1.54. The molecule has 1 unspecified atom stereocenters. The predicted octanol–water partition coefficient (Wildman–Crippen LogP) is -0.414. The highest BCUT2D eigenvalue weighted by Crippen LogP contribution is 2.07. The van der Waals surface area contributed by atoms with Crippen LogP contribution >= 0.6 is 0 Å². The molecule has 0 amide bonds. The lowest BCUT2D eigenvalue weighted by Crippen LogP contribution is -2.38. The van der Waals surface area contributed by atoms with Crippen molar-refractivity contribution < 1.29 is 9.35 Å². The van der Waals surface area contributed by atoms with Crippen molar-refractivity contribution >= 4 is 17.6 Å². The molecule has 0 aromatic rings. The number of aldehydes is 1. The summed E-state index contributed by atoms with van der Waals surface area (Å²) in [7, 11) is 0. The lowest BCUT2D eigenvalue weighted by atomic mass is 10.2. The van der Waals surface area contributed by atoms with E-state index in [1.54, 1.807) is 0 Å². The van der Waals surface area contributed by atoms with Crippen molar-refractivity contribution in [2.75, 3.05) is 0 Å². The van der Waals surface area contributed by atoms with Crippen LogP contribution in [0.3, 0.4) is 0 Å². The van der Waals surface area contributed by atoms with Gasteiger partial charge in [0.05, 0.1) is 0 Å². The molecule has 0 aliphatic carbocycles. The van der Waals surface area contributed by atoms with Crippen LogP contribution in [0.15, 0.2) is 0 Å². The van der Waals surface area contributed by atoms with Gasteiger partial charge in [-0.3, -0.25) is 4.79 Å². The van der Waals surface area contributed by atoms with E-state index in [2.05, 4.69) is 0 Å². The van der Waals surface area contributed by atoms with E-state index in [1.165, 1.54) is 13.8 Å². The van der Waals surface area contributed by atoms with Crippen molar-refractivity contribution in [2.24, 2.45) is 5.14 Å². The summed E-state index contributed by atoms with van der Waals surface area (Å²) in [5.41, 5.74) is 0. The molecule has 0 aliphatic heterocycles. The largest absolute Gasteiger partial charge is 0.597 e. The molecule has 0 fully saturated rings. The molecule has 0 saturated heterocycles. The zero-order valence-electron chi connectivity index (χ0n) is 4.88. The SMILES string of the molecule is CC(C)(C=O)[S+](N)[O-]. The highest BCUT2D eigenvalue weighted by atomic mass is 32.2. The first kappa shape index (κ1) is 7.94. The van der Waals surface area contributed by atoms with Gasteiger partial charge in [-0.05, 0) is 13.8 Å². The molecular weight excluding hydrogens is 126 g/mol. The highest BCUT2D eigenvalue weighted by molar-refractivity contribution is 7.91. The third-order valence-electron chi connectivity index (χ3n) is 0.802. The third kappa shape index (κ3) is 1.81. The van der Waals surface area contributed by atoms with Gasteiger partial charge in [-0.15, -0.1) is 0 Å². The van der Waals surface area contributed by atoms with Crippen LogP contribution in [-0.2, 0) is 16.2 Å². The third-order valence-corrected chi connectivity index (χ3v) is 1.94. The predicted molar refractivity (Wildman–Crippen MR) is 32.5 cm³/mol. The Labute approximate surface area is 51.6 Å². The van der Waals surface area contributed by atoms with Crippen molar-refractivity contribution in [1.29, 1.82) is 0 Å². The Bertz CT molecular complexity index is 92.0. The second-order valence-corrected chi connectivity index (χ2v) is 3.67. The molecule has 0 bridgehead atoms. The maximum absolute atomic E-state index is 10.4. The Morgan fingerprint density at radius 1 is 1.75 bits per heavy atom. The molecule has 0 radical (unpaired) electrons. The van der Waals surface area contributed by atoms with Gasteiger partial charge in [0.1, 0.15) is 0 Å². The van der Waals surface area contributed by atoms with Crippen molar-refractivity contribution in [3.05, 3.63) is 0 Å². The van der Waals surface area contributed by atoms with Crippen LogP contribution in [0.2, 0.25) is 0 Å². The van der Waals surface area contributed by atoms with Crippen LogP contribution in [0.5, 0.6) is 0 Å². The summed E-state index contributed by atoms with van der Waals surface area (Å²) in [6, 6.07) is 0. The van der Waals surface area contributed by atoms with Gasteiger partial charge < -0.3 is 4.55 Å². The zero-order valence-corrected chi connectivity index (χ0v) is 5.70. The second kappa shape index (κ2) is 2.48. The molecule has 0 aromatic carbocycles. The maximum atomic E-state index is 10.4. The normalized spacial score (nSPS) is 15.5. The quantitative estimate of drug-likeness (QED) is 0.413. The van der Waals surface area contributed by atoms with Gasteiger partial charge >= 0.3 is 0 Å². The van der Waals surface area contributed by atoms with E-state index < -0.39 is 16.1 Å². The fourth-order valence-electron chi connectivity index (χ4n) is 0.0474. The number of carbonyl (C=O) groups excluding carboxylic acids is 1. The molecule has 1 atom stereocenters. The summed E-state index contributed by atoms with van der Waals surface area (Å²) in [4.78, 5) is 10.00. The maximum Gasteiger partial charge on any atom is 0.193 e. The summed E-state index contributed by atoms with van der Waals surface area (Å²) >= 11 is -1.54. The van der Waals surface area contributed by atoms with Gasteiger partial charge in [0.25, 0.3) is 0 Å². The smallest absolute Gasteiger partial charge is 0.193 e. The van der Waals surface area contributed by atoms with Crippen LogP contribution in [0.4, 0.5) is 0 Å². The Hall–Kier alpha value is -0.0600. The lowest BCUT2D eigenvalue weighted by Gasteiger charge is -2.16. The van der Waals surface area contributed by atoms with E-state index in [-0.39, 0.29) is 0 Å². The molecule has 0 aliphatic rings. The van der Waals surface area contributed by atoms with Gasteiger partial charge in [-0.2, -0.15) is 5.14 Å². The minimum absolute atomic E-state index is 0.586. The fraction of sp³-hybridized carbons (Fsp3) is 0.750. The summed E-state index contributed by atoms with van der Waals surface area (Å²) < 4.78 is 9.47. The number of hydrogen-bond donors (Lipinski definition) is 1. The first-order chi connectivity index (χ1) is 3.50. The van der Waals surface area contributed by atoms with E-state index >= 15 is 0 Å². The number of rotatable bonds is 2. The van der Waals surface area contributed by atoms with Crippen molar-refractivity contribution in [1.82, 2.24) is 0 Å². The topological polar surface area (TPSA) is 66.2 Å². The van der Waals surface area contributed by atoms with E-state index in [0.717, 1.165) is 0 Å². The van der Waals surface area contributed by atoms with E-state index in [1.807, 2.05) is 0 Å². The van der Waals surface area contributed by atoms with Crippen LogP contribution < -0.4 is 5.14 Å². The first-order valence-electron chi connectivity index (χ1n) is 2.13. The molecule has 0 spiro atoms. The van der Waals surface area contributed by atoms with E-state index in [9.17, 15) is 9.35 Å². The van der Waals surface area contributed by atoms with Gasteiger partial charge in [0.15, 0.2) is 11.0 Å². The van der Waals surface area contributed by atoms with Crippen molar-refractivity contribution in [2.45, 2.75) is 18.6 Å². The summed E-state index contributed by atoms with van der Waals surface area (Å²) in [6.45, 7) is 3.05. The molecule has 0 rings (SSSR count). The molecule has 2 N–H and O–H groups in total. The van der Waals surface area contributed by atoms with Crippen molar-refractivity contribution in [3.63, 3.8) is 0 Å². The van der Waals surface area contributed by atoms with Crippen molar-refractivity contribution in [3.8, 4) is 0 Å². The van der Waals surface area contributed by atoms with E-state index in [4.69, 9.17) is 5.14 Å². The number of nitrogens with two attached hydrogens (primary N) is 1.